The Morgan fingerprint density at radius 1 is 1.09 bits per heavy atom. The van der Waals surface area contributed by atoms with Crippen LogP contribution in [0.25, 0.3) is 0 Å². The predicted octanol–water partition coefficient (Wildman–Crippen LogP) is 4.50. The van der Waals surface area contributed by atoms with E-state index in [-0.39, 0.29) is 34.9 Å². The molecular formula is C28H31NO5. The SMILES string of the molecule is Cc1ccc(N2C(=O)O[C@@]3(CC[C@H]4[C@@H]5CCC6=CC(=O)C=C[C@]6(C)[C@H]5[C@@H](O)C[C@@]43C)C2=O)cc1. The molecule has 1 aromatic rings. The lowest BCUT2D eigenvalue weighted by Gasteiger charge is -2.59. The van der Waals surface area contributed by atoms with Crippen molar-refractivity contribution in [2.24, 2.45) is 28.6 Å². The Morgan fingerprint density at radius 2 is 1.82 bits per heavy atom. The van der Waals surface area contributed by atoms with Gasteiger partial charge in [-0.15, -0.1) is 0 Å². The van der Waals surface area contributed by atoms with Crippen LogP contribution in [0.5, 0.6) is 0 Å². The number of aliphatic hydroxyl groups excluding tert-OH is 1. The van der Waals surface area contributed by atoms with E-state index in [1.165, 1.54) is 4.90 Å². The lowest BCUT2D eigenvalue weighted by atomic mass is 9.46. The Hall–Kier alpha value is -2.73. The molecule has 1 saturated heterocycles. The summed E-state index contributed by atoms with van der Waals surface area (Å²) < 4.78 is 6.02. The zero-order valence-corrected chi connectivity index (χ0v) is 19.9. The Balaban J connectivity index is 1.38. The highest BCUT2D eigenvalue weighted by molar-refractivity contribution is 6.20. The number of benzene rings is 1. The second-order valence-corrected chi connectivity index (χ2v) is 11.4. The molecule has 0 bridgehead atoms. The molecule has 1 aromatic carbocycles. The second kappa shape index (κ2) is 6.91. The van der Waals surface area contributed by atoms with Gasteiger partial charge >= 0.3 is 6.09 Å². The number of aliphatic hydroxyl groups is 1. The molecule has 6 nitrogen and oxygen atoms in total. The molecule has 0 unspecified atom stereocenters. The van der Waals surface area contributed by atoms with E-state index in [9.17, 15) is 19.5 Å². The summed E-state index contributed by atoms with van der Waals surface area (Å²) in [5.74, 6) is 0.0295. The van der Waals surface area contributed by atoms with Crippen molar-refractivity contribution in [2.75, 3.05) is 4.90 Å². The topological polar surface area (TPSA) is 83.9 Å². The monoisotopic (exact) mass is 461 g/mol. The number of allylic oxidation sites excluding steroid dienone is 4. The van der Waals surface area contributed by atoms with Gasteiger partial charge in [-0.3, -0.25) is 9.59 Å². The van der Waals surface area contributed by atoms with Crippen molar-refractivity contribution in [1.82, 2.24) is 0 Å². The lowest BCUT2D eigenvalue weighted by molar-refractivity contribution is -0.167. The third kappa shape index (κ3) is 2.58. The fourth-order valence-corrected chi connectivity index (χ4v) is 8.25. The van der Waals surface area contributed by atoms with Crippen molar-refractivity contribution < 1.29 is 24.2 Å². The van der Waals surface area contributed by atoms with Crippen molar-refractivity contribution in [3.05, 3.63) is 53.6 Å². The molecule has 178 valence electrons. The first-order valence-corrected chi connectivity index (χ1v) is 12.4. The van der Waals surface area contributed by atoms with Crippen LogP contribution >= 0.6 is 0 Å². The molecule has 34 heavy (non-hydrogen) atoms. The number of aryl methyl sites for hydroxylation is 1. The van der Waals surface area contributed by atoms with Crippen molar-refractivity contribution in [3.63, 3.8) is 0 Å². The number of carbonyl (C=O) groups excluding carboxylic acids is 3. The summed E-state index contributed by atoms with van der Waals surface area (Å²) in [4.78, 5) is 40.2. The van der Waals surface area contributed by atoms with Crippen LogP contribution in [-0.2, 0) is 14.3 Å². The lowest BCUT2D eigenvalue weighted by Crippen LogP contribution is -2.61. The van der Waals surface area contributed by atoms with Crippen LogP contribution in [0.4, 0.5) is 10.5 Å². The van der Waals surface area contributed by atoms with Crippen LogP contribution < -0.4 is 4.90 Å². The Labute approximate surface area is 199 Å². The van der Waals surface area contributed by atoms with Gasteiger partial charge in [-0.05, 0) is 75.1 Å². The number of carbonyl (C=O) groups is 3. The van der Waals surface area contributed by atoms with Crippen molar-refractivity contribution in [1.29, 1.82) is 0 Å². The molecule has 2 amide bonds. The summed E-state index contributed by atoms with van der Waals surface area (Å²) in [6, 6.07) is 7.32. The molecular weight excluding hydrogens is 430 g/mol. The average molecular weight is 462 g/mol. The summed E-state index contributed by atoms with van der Waals surface area (Å²) in [7, 11) is 0. The van der Waals surface area contributed by atoms with Gasteiger partial charge in [0.15, 0.2) is 11.4 Å². The maximum Gasteiger partial charge on any atom is 0.422 e. The third-order valence-corrected chi connectivity index (χ3v) is 9.90. The molecule has 4 fully saturated rings. The fourth-order valence-electron chi connectivity index (χ4n) is 8.25. The number of ketones is 1. The number of ether oxygens (including phenoxy) is 1. The van der Waals surface area contributed by atoms with E-state index in [0.717, 1.165) is 30.4 Å². The van der Waals surface area contributed by atoms with E-state index in [2.05, 4.69) is 6.92 Å². The van der Waals surface area contributed by atoms with Gasteiger partial charge in [0, 0.05) is 16.7 Å². The van der Waals surface area contributed by atoms with Crippen molar-refractivity contribution >= 4 is 23.5 Å². The molecule has 4 aliphatic carbocycles. The van der Waals surface area contributed by atoms with E-state index < -0.39 is 23.2 Å². The number of anilines is 1. The van der Waals surface area contributed by atoms with Crippen LogP contribution in [0.2, 0.25) is 0 Å². The molecule has 1 spiro atoms. The minimum Gasteiger partial charge on any atom is -0.431 e. The number of nitrogens with zero attached hydrogens (tertiary/aromatic N) is 1. The molecule has 5 aliphatic rings. The molecule has 1 aliphatic heterocycles. The number of fused-ring (bicyclic) bond motifs is 6. The quantitative estimate of drug-likeness (QED) is 0.666. The van der Waals surface area contributed by atoms with Gasteiger partial charge in [0.05, 0.1) is 11.8 Å². The molecule has 1 heterocycles. The van der Waals surface area contributed by atoms with Crippen LogP contribution in [0.3, 0.4) is 0 Å². The van der Waals surface area contributed by atoms with Crippen LogP contribution in [0, 0.1) is 35.5 Å². The van der Waals surface area contributed by atoms with E-state index in [4.69, 9.17) is 4.74 Å². The standard InChI is InChI=1S/C28H31NO5/c1-16-4-7-18(8-5-16)29-24(32)28(34-25(29)33)13-11-21-20-9-6-17-14-19(30)10-12-26(17,2)23(20)22(31)15-27(21,28)3/h4-5,7-8,10,12,14,20-23,31H,6,9,11,13,15H2,1-3H3/t20-,21-,22-,23+,26-,27-,28-/m0/s1. The summed E-state index contributed by atoms with van der Waals surface area (Å²) in [5.41, 5.74) is 0.413. The molecule has 7 atom stereocenters. The van der Waals surface area contributed by atoms with Gasteiger partial charge in [0.1, 0.15) is 0 Å². The van der Waals surface area contributed by atoms with Crippen LogP contribution in [0.15, 0.2) is 48.1 Å². The Bertz CT molecular complexity index is 1170. The maximum absolute atomic E-state index is 13.9. The van der Waals surface area contributed by atoms with E-state index in [0.29, 0.717) is 18.5 Å². The van der Waals surface area contributed by atoms with Gasteiger partial charge in [0.2, 0.25) is 0 Å². The van der Waals surface area contributed by atoms with Gasteiger partial charge in [-0.1, -0.05) is 43.2 Å². The largest absolute Gasteiger partial charge is 0.431 e. The first-order valence-electron chi connectivity index (χ1n) is 12.4. The first kappa shape index (κ1) is 21.8. The van der Waals surface area contributed by atoms with E-state index in [1.54, 1.807) is 24.3 Å². The van der Waals surface area contributed by atoms with E-state index in [1.807, 2.05) is 32.1 Å². The van der Waals surface area contributed by atoms with Crippen molar-refractivity contribution in [3.8, 4) is 0 Å². The van der Waals surface area contributed by atoms with Gasteiger partial charge in [-0.2, -0.15) is 0 Å². The highest BCUT2D eigenvalue weighted by atomic mass is 16.6. The van der Waals surface area contributed by atoms with Crippen LogP contribution in [-0.4, -0.2) is 34.6 Å². The minimum atomic E-state index is -1.25. The highest BCUT2D eigenvalue weighted by Crippen LogP contribution is 2.68. The second-order valence-electron chi connectivity index (χ2n) is 11.4. The zero-order chi connectivity index (χ0) is 24.0. The van der Waals surface area contributed by atoms with Crippen LogP contribution in [0.1, 0.15) is 51.5 Å². The maximum atomic E-state index is 13.9. The molecule has 1 N–H and O–H groups in total. The predicted molar refractivity (Wildman–Crippen MR) is 126 cm³/mol. The number of amides is 2. The Kier molecular flexibility index (Phi) is 4.43. The van der Waals surface area contributed by atoms with Gasteiger partial charge < -0.3 is 9.84 Å². The molecule has 6 rings (SSSR count). The molecule has 6 heteroatoms. The first-order chi connectivity index (χ1) is 16.1. The molecule has 0 radical (unpaired) electrons. The van der Waals surface area contributed by atoms with Gasteiger partial charge in [0.25, 0.3) is 5.91 Å². The fraction of sp³-hybridized carbons (Fsp3) is 0.536. The molecule has 0 aromatic heterocycles. The number of imide groups is 1. The summed E-state index contributed by atoms with van der Waals surface area (Å²) in [6.07, 6.45) is 7.40. The number of hydrogen-bond acceptors (Lipinski definition) is 5. The number of rotatable bonds is 1. The smallest absolute Gasteiger partial charge is 0.422 e. The third-order valence-electron chi connectivity index (χ3n) is 9.90. The number of hydrogen-bond donors (Lipinski definition) is 1. The summed E-state index contributed by atoms with van der Waals surface area (Å²) >= 11 is 0. The Morgan fingerprint density at radius 3 is 2.56 bits per heavy atom. The zero-order valence-electron chi connectivity index (χ0n) is 19.9. The van der Waals surface area contributed by atoms with E-state index >= 15 is 0 Å². The average Bonchev–Trinajstić information content (AvgIpc) is 3.22. The normalized spacial score (nSPS) is 42.9. The molecule has 3 saturated carbocycles. The minimum absolute atomic E-state index is 0.0144. The van der Waals surface area contributed by atoms with Crippen molar-refractivity contribution in [2.45, 2.75) is 64.6 Å². The summed E-state index contributed by atoms with van der Waals surface area (Å²) in [6.45, 7) is 6.14. The summed E-state index contributed by atoms with van der Waals surface area (Å²) in [5, 5.41) is 11.6. The van der Waals surface area contributed by atoms with Gasteiger partial charge in [-0.25, -0.2) is 9.69 Å². The highest BCUT2D eigenvalue weighted by Gasteiger charge is 2.74.